The number of halogens is 1. The fourth-order valence-electron chi connectivity index (χ4n) is 3.00. The number of hydrogen-bond acceptors (Lipinski definition) is 3. The summed E-state index contributed by atoms with van der Waals surface area (Å²) in [5, 5.41) is 3.52. The normalized spacial score (nSPS) is 20.7. The summed E-state index contributed by atoms with van der Waals surface area (Å²) in [5.74, 6) is 0.788. The number of rotatable bonds is 5. The molecule has 1 saturated heterocycles. The van der Waals surface area contributed by atoms with Gasteiger partial charge in [-0.15, -0.1) is 0 Å². The molecule has 124 valence electrons. The Morgan fingerprint density at radius 3 is 2.55 bits per heavy atom. The van der Waals surface area contributed by atoms with Crippen molar-refractivity contribution in [3.63, 3.8) is 0 Å². The second-order valence-electron chi connectivity index (χ2n) is 7.05. The van der Waals surface area contributed by atoms with Crippen molar-refractivity contribution in [3.05, 3.63) is 35.6 Å². The van der Waals surface area contributed by atoms with E-state index >= 15 is 0 Å². The first-order chi connectivity index (χ1) is 10.2. The average Bonchev–Trinajstić information content (AvgIpc) is 2.45. The van der Waals surface area contributed by atoms with Crippen molar-refractivity contribution in [2.24, 2.45) is 5.92 Å². The monoisotopic (exact) mass is 327 g/mol. The maximum absolute atomic E-state index is 13.4. The molecule has 1 N–H and O–H groups in total. The second-order valence-corrected chi connectivity index (χ2v) is 9.36. The lowest BCUT2D eigenvalue weighted by Crippen LogP contribution is -2.43. The highest BCUT2D eigenvalue weighted by molar-refractivity contribution is 7.91. The third-order valence-electron chi connectivity index (χ3n) is 4.78. The van der Waals surface area contributed by atoms with Gasteiger partial charge in [-0.05, 0) is 43.4 Å². The SMILES string of the molecule is C[C@@H](NCC(C)(C)c1cccc(F)c1)C1CCS(=O)(=O)CC1. The molecule has 0 aromatic heterocycles. The van der Waals surface area contributed by atoms with E-state index in [0.29, 0.717) is 17.4 Å². The van der Waals surface area contributed by atoms with Crippen LogP contribution in [0.1, 0.15) is 39.2 Å². The summed E-state index contributed by atoms with van der Waals surface area (Å²) in [7, 11) is -2.81. The van der Waals surface area contributed by atoms with Gasteiger partial charge >= 0.3 is 0 Å². The highest BCUT2D eigenvalue weighted by Crippen LogP contribution is 2.25. The lowest BCUT2D eigenvalue weighted by atomic mass is 9.83. The van der Waals surface area contributed by atoms with E-state index in [2.05, 4.69) is 26.1 Å². The molecule has 1 heterocycles. The van der Waals surface area contributed by atoms with Crippen LogP contribution in [0.3, 0.4) is 0 Å². The fraction of sp³-hybridized carbons (Fsp3) is 0.647. The molecule has 5 heteroatoms. The topological polar surface area (TPSA) is 46.2 Å². The van der Waals surface area contributed by atoms with Crippen LogP contribution in [0.4, 0.5) is 4.39 Å². The van der Waals surface area contributed by atoms with E-state index in [9.17, 15) is 12.8 Å². The summed E-state index contributed by atoms with van der Waals surface area (Å²) < 4.78 is 36.4. The first-order valence-corrected chi connectivity index (χ1v) is 9.72. The molecule has 0 spiro atoms. The molecule has 0 unspecified atom stereocenters. The molecule has 0 aliphatic carbocycles. The smallest absolute Gasteiger partial charge is 0.150 e. The molecule has 1 aromatic carbocycles. The highest BCUT2D eigenvalue weighted by atomic mass is 32.2. The van der Waals surface area contributed by atoms with Gasteiger partial charge in [0.1, 0.15) is 15.7 Å². The molecule has 1 aromatic rings. The van der Waals surface area contributed by atoms with Gasteiger partial charge in [0, 0.05) is 18.0 Å². The standard InChI is InChI=1S/C17H26FNO2S/c1-13(14-7-9-22(20,21)10-8-14)19-12-17(2,3)15-5-4-6-16(18)11-15/h4-6,11,13-14,19H,7-10,12H2,1-3H3/t13-/m1/s1. The van der Waals surface area contributed by atoms with Crippen molar-refractivity contribution in [3.8, 4) is 0 Å². The van der Waals surface area contributed by atoms with Crippen LogP contribution in [0.15, 0.2) is 24.3 Å². The van der Waals surface area contributed by atoms with Gasteiger partial charge in [-0.2, -0.15) is 0 Å². The van der Waals surface area contributed by atoms with Crippen molar-refractivity contribution in [2.75, 3.05) is 18.1 Å². The lowest BCUT2D eigenvalue weighted by molar-refractivity contribution is 0.321. The molecule has 1 fully saturated rings. The van der Waals surface area contributed by atoms with Crippen molar-refractivity contribution < 1.29 is 12.8 Å². The van der Waals surface area contributed by atoms with E-state index in [0.717, 1.165) is 24.9 Å². The first kappa shape index (κ1) is 17.4. The van der Waals surface area contributed by atoms with E-state index in [1.807, 2.05) is 6.07 Å². The summed E-state index contributed by atoms with van der Waals surface area (Å²) in [6, 6.07) is 6.99. The van der Waals surface area contributed by atoms with Gasteiger partial charge in [-0.1, -0.05) is 26.0 Å². The number of nitrogens with one attached hydrogen (secondary N) is 1. The zero-order chi connectivity index (χ0) is 16.4. The minimum atomic E-state index is -2.81. The summed E-state index contributed by atoms with van der Waals surface area (Å²) in [4.78, 5) is 0. The molecule has 1 atom stereocenters. The Morgan fingerprint density at radius 2 is 1.95 bits per heavy atom. The summed E-state index contributed by atoms with van der Waals surface area (Å²) in [6.07, 6.45) is 1.47. The number of sulfone groups is 1. The van der Waals surface area contributed by atoms with Crippen LogP contribution in [0.25, 0.3) is 0 Å². The molecule has 0 radical (unpaired) electrons. The molecule has 22 heavy (non-hydrogen) atoms. The predicted octanol–water partition coefficient (Wildman–Crippen LogP) is 2.91. The van der Waals surface area contributed by atoms with Gasteiger partial charge in [0.25, 0.3) is 0 Å². The summed E-state index contributed by atoms with van der Waals surface area (Å²) in [6.45, 7) is 7.03. The molecule has 1 aliphatic rings. The quantitative estimate of drug-likeness (QED) is 0.904. The highest BCUT2D eigenvalue weighted by Gasteiger charge is 2.29. The maximum Gasteiger partial charge on any atom is 0.150 e. The minimum Gasteiger partial charge on any atom is -0.313 e. The average molecular weight is 327 g/mol. The molecular formula is C17H26FNO2S. The molecule has 0 bridgehead atoms. The number of benzene rings is 1. The second kappa shape index (κ2) is 6.67. The number of hydrogen-bond donors (Lipinski definition) is 1. The van der Waals surface area contributed by atoms with Gasteiger partial charge in [0.2, 0.25) is 0 Å². The third kappa shape index (κ3) is 4.53. The van der Waals surface area contributed by atoms with E-state index in [1.54, 1.807) is 12.1 Å². The van der Waals surface area contributed by atoms with Crippen molar-refractivity contribution >= 4 is 9.84 Å². The largest absolute Gasteiger partial charge is 0.313 e. The molecular weight excluding hydrogens is 301 g/mol. The Balaban J connectivity index is 1.91. The molecule has 0 saturated carbocycles. The Labute approximate surface area is 133 Å². The van der Waals surface area contributed by atoms with Crippen LogP contribution in [-0.2, 0) is 15.3 Å². The maximum atomic E-state index is 13.4. The van der Waals surface area contributed by atoms with Crippen LogP contribution in [0.5, 0.6) is 0 Å². The fourth-order valence-corrected chi connectivity index (χ4v) is 4.53. The van der Waals surface area contributed by atoms with Crippen LogP contribution >= 0.6 is 0 Å². The van der Waals surface area contributed by atoms with E-state index in [4.69, 9.17) is 0 Å². The molecule has 0 amide bonds. The van der Waals surface area contributed by atoms with Crippen LogP contribution in [0, 0.1) is 11.7 Å². The Bertz CT molecular complexity index is 599. The van der Waals surface area contributed by atoms with Crippen molar-refractivity contribution in [1.29, 1.82) is 0 Å². The van der Waals surface area contributed by atoms with Crippen LogP contribution < -0.4 is 5.32 Å². The zero-order valence-electron chi connectivity index (χ0n) is 13.6. The summed E-state index contributed by atoms with van der Waals surface area (Å²) in [5.41, 5.74) is 0.801. The van der Waals surface area contributed by atoms with Gasteiger partial charge in [0.05, 0.1) is 11.5 Å². The van der Waals surface area contributed by atoms with E-state index < -0.39 is 9.84 Å². The van der Waals surface area contributed by atoms with Gasteiger partial charge < -0.3 is 5.32 Å². The Hall–Kier alpha value is -0.940. The summed E-state index contributed by atoms with van der Waals surface area (Å²) >= 11 is 0. The van der Waals surface area contributed by atoms with Gasteiger partial charge in [0.15, 0.2) is 0 Å². The third-order valence-corrected chi connectivity index (χ3v) is 6.49. The van der Waals surface area contributed by atoms with Gasteiger partial charge in [-0.25, -0.2) is 12.8 Å². The Morgan fingerprint density at radius 1 is 1.32 bits per heavy atom. The minimum absolute atomic E-state index is 0.170. The molecule has 1 aliphatic heterocycles. The van der Waals surface area contributed by atoms with Gasteiger partial charge in [-0.3, -0.25) is 0 Å². The van der Waals surface area contributed by atoms with Crippen molar-refractivity contribution in [2.45, 2.75) is 45.1 Å². The molecule has 2 rings (SSSR count). The lowest BCUT2D eigenvalue weighted by Gasteiger charge is -2.32. The first-order valence-electron chi connectivity index (χ1n) is 7.89. The Kier molecular flexibility index (Phi) is 5.28. The zero-order valence-corrected chi connectivity index (χ0v) is 14.4. The van der Waals surface area contributed by atoms with Crippen LogP contribution in [0.2, 0.25) is 0 Å². The molecule has 3 nitrogen and oxygen atoms in total. The van der Waals surface area contributed by atoms with E-state index in [-0.39, 0.29) is 17.3 Å². The van der Waals surface area contributed by atoms with E-state index in [1.165, 1.54) is 6.07 Å². The predicted molar refractivity (Wildman–Crippen MR) is 88.3 cm³/mol. The van der Waals surface area contributed by atoms with Crippen LogP contribution in [-0.4, -0.2) is 32.5 Å². The van der Waals surface area contributed by atoms with Crippen molar-refractivity contribution in [1.82, 2.24) is 5.32 Å².